The molecule has 0 aromatic carbocycles. The van der Waals surface area contributed by atoms with Gasteiger partial charge in [0, 0.05) is 13.1 Å². The zero-order valence-electron chi connectivity index (χ0n) is 8.32. The van der Waals surface area contributed by atoms with Crippen LogP contribution in [0.3, 0.4) is 0 Å². The van der Waals surface area contributed by atoms with E-state index in [1.54, 1.807) is 0 Å². The van der Waals surface area contributed by atoms with Gasteiger partial charge >= 0.3 is 0 Å². The molecule has 0 bridgehead atoms. The fourth-order valence-electron chi connectivity index (χ4n) is 1.85. The van der Waals surface area contributed by atoms with Crippen molar-refractivity contribution < 1.29 is 5.11 Å². The molecule has 0 spiro atoms. The lowest BCUT2D eigenvalue weighted by Crippen LogP contribution is -2.30. The lowest BCUT2D eigenvalue weighted by Gasteiger charge is -2.27. The second-order valence-corrected chi connectivity index (χ2v) is 3.69. The Morgan fingerprint density at radius 3 is 2.71 bits per heavy atom. The highest BCUT2D eigenvalue weighted by atomic mass is 16.3. The SMILES string of the molecule is OCc1cccc(N2CCCCC2)n1. The van der Waals surface area contributed by atoms with Gasteiger partial charge in [-0.1, -0.05) is 6.07 Å². The molecule has 1 N–H and O–H groups in total. The number of hydrogen-bond acceptors (Lipinski definition) is 3. The monoisotopic (exact) mass is 192 g/mol. The van der Waals surface area contributed by atoms with Crippen molar-refractivity contribution >= 4 is 5.82 Å². The lowest BCUT2D eigenvalue weighted by atomic mass is 10.1. The zero-order valence-corrected chi connectivity index (χ0v) is 8.32. The number of nitrogens with zero attached hydrogens (tertiary/aromatic N) is 2. The van der Waals surface area contributed by atoms with Crippen LogP contribution in [0.4, 0.5) is 5.82 Å². The summed E-state index contributed by atoms with van der Waals surface area (Å²) in [5, 5.41) is 8.98. The molecular weight excluding hydrogens is 176 g/mol. The molecule has 3 nitrogen and oxygen atoms in total. The summed E-state index contributed by atoms with van der Waals surface area (Å²) in [6, 6.07) is 5.83. The van der Waals surface area contributed by atoms with E-state index in [0.717, 1.165) is 24.6 Å². The summed E-state index contributed by atoms with van der Waals surface area (Å²) < 4.78 is 0. The highest BCUT2D eigenvalue weighted by molar-refractivity contribution is 5.39. The first-order valence-electron chi connectivity index (χ1n) is 5.22. The van der Waals surface area contributed by atoms with E-state index in [-0.39, 0.29) is 6.61 Å². The van der Waals surface area contributed by atoms with Crippen LogP contribution < -0.4 is 4.90 Å². The summed E-state index contributed by atoms with van der Waals surface area (Å²) in [4.78, 5) is 6.69. The second-order valence-electron chi connectivity index (χ2n) is 3.69. The number of aliphatic hydroxyl groups is 1. The molecule has 0 saturated carbocycles. The summed E-state index contributed by atoms with van der Waals surface area (Å²) in [5.74, 6) is 1.01. The standard InChI is InChI=1S/C11H16N2O/c14-9-10-5-4-6-11(12-10)13-7-2-1-3-8-13/h4-6,14H,1-3,7-9H2. The second kappa shape index (κ2) is 4.42. The molecule has 1 aliphatic rings. The van der Waals surface area contributed by atoms with Crippen LogP contribution in [0.25, 0.3) is 0 Å². The maximum atomic E-state index is 8.98. The van der Waals surface area contributed by atoms with Crippen LogP contribution in [-0.4, -0.2) is 23.2 Å². The minimum Gasteiger partial charge on any atom is -0.390 e. The van der Waals surface area contributed by atoms with Gasteiger partial charge in [0.25, 0.3) is 0 Å². The average molecular weight is 192 g/mol. The minimum atomic E-state index is 0.0294. The summed E-state index contributed by atoms with van der Waals surface area (Å²) in [5.41, 5.74) is 0.757. The Morgan fingerprint density at radius 1 is 1.21 bits per heavy atom. The molecule has 0 amide bonds. The van der Waals surface area contributed by atoms with Crippen LogP contribution in [0.2, 0.25) is 0 Å². The van der Waals surface area contributed by atoms with Gasteiger partial charge in [0.15, 0.2) is 0 Å². The third kappa shape index (κ3) is 2.04. The Balaban J connectivity index is 2.13. The van der Waals surface area contributed by atoms with E-state index in [4.69, 9.17) is 5.11 Å². The van der Waals surface area contributed by atoms with Crippen molar-refractivity contribution in [3.8, 4) is 0 Å². The van der Waals surface area contributed by atoms with E-state index in [1.807, 2.05) is 18.2 Å². The third-order valence-corrected chi connectivity index (χ3v) is 2.63. The minimum absolute atomic E-state index is 0.0294. The Labute approximate surface area is 84.4 Å². The van der Waals surface area contributed by atoms with E-state index in [2.05, 4.69) is 9.88 Å². The van der Waals surface area contributed by atoms with E-state index in [9.17, 15) is 0 Å². The molecule has 14 heavy (non-hydrogen) atoms. The first kappa shape index (κ1) is 9.46. The van der Waals surface area contributed by atoms with Crippen LogP contribution in [0, 0.1) is 0 Å². The highest BCUT2D eigenvalue weighted by Gasteiger charge is 2.11. The van der Waals surface area contributed by atoms with Crippen molar-refractivity contribution in [2.75, 3.05) is 18.0 Å². The number of hydrogen-bond donors (Lipinski definition) is 1. The molecule has 76 valence electrons. The largest absolute Gasteiger partial charge is 0.390 e. The first-order chi connectivity index (χ1) is 6.90. The molecule has 1 saturated heterocycles. The Bertz CT molecular complexity index is 295. The summed E-state index contributed by atoms with van der Waals surface area (Å²) in [6.45, 7) is 2.23. The van der Waals surface area contributed by atoms with Gasteiger partial charge in [0.05, 0.1) is 12.3 Å². The molecule has 1 aromatic rings. The predicted octanol–water partition coefficient (Wildman–Crippen LogP) is 1.56. The smallest absolute Gasteiger partial charge is 0.128 e. The van der Waals surface area contributed by atoms with Crippen molar-refractivity contribution in [1.29, 1.82) is 0 Å². The molecule has 0 radical (unpaired) electrons. The van der Waals surface area contributed by atoms with E-state index in [0.29, 0.717) is 0 Å². The maximum Gasteiger partial charge on any atom is 0.128 e. The summed E-state index contributed by atoms with van der Waals surface area (Å²) in [6.07, 6.45) is 3.84. The Kier molecular flexibility index (Phi) is 2.99. The van der Waals surface area contributed by atoms with Crippen molar-refractivity contribution in [2.45, 2.75) is 25.9 Å². The van der Waals surface area contributed by atoms with Crippen LogP contribution in [0.5, 0.6) is 0 Å². The summed E-state index contributed by atoms with van der Waals surface area (Å²) >= 11 is 0. The molecular formula is C11H16N2O. The normalized spacial score (nSPS) is 17.1. The van der Waals surface area contributed by atoms with Crippen molar-refractivity contribution in [1.82, 2.24) is 4.98 Å². The molecule has 2 heterocycles. The topological polar surface area (TPSA) is 36.4 Å². The van der Waals surface area contributed by atoms with Gasteiger partial charge in [-0.2, -0.15) is 0 Å². The molecule has 1 fully saturated rings. The van der Waals surface area contributed by atoms with Gasteiger partial charge in [0.1, 0.15) is 5.82 Å². The van der Waals surface area contributed by atoms with Gasteiger partial charge in [-0.3, -0.25) is 0 Å². The Morgan fingerprint density at radius 2 is 2.00 bits per heavy atom. The highest BCUT2D eigenvalue weighted by Crippen LogP contribution is 2.17. The van der Waals surface area contributed by atoms with E-state index in [1.165, 1.54) is 19.3 Å². The van der Waals surface area contributed by atoms with Gasteiger partial charge < -0.3 is 10.0 Å². The number of pyridine rings is 1. The molecule has 2 rings (SSSR count). The van der Waals surface area contributed by atoms with Crippen LogP contribution in [0.15, 0.2) is 18.2 Å². The number of aliphatic hydroxyl groups excluding tert-OH is 1. The molecule has 1 aliphatic heterocycles. The van der Waals surface area contributed by atoms with Crippen molar-refractivity contribution in [3.05, 3.63) is 23.9 Å². The molecule has 3 heteroatoms. The summed E-state index contributed by atoms with van der Waals surface area (Å²) in [7, 11) is 0. The lowest BCUT2D eigenvalue weighted by molar-refractivity contribution is 0.277. The third-order valence-electron chi connectivity index (χ3n) is 2.63. The zero-order chi connectivity index (χ0) is 9.80. The van der Waals surface area contributed by atoms with Gasteiger partial charge in [-0.15, -0.1) is 0 Å². The van der Waals surface area contributed by atoms with Gasteiger partial charge in [-0.25, -0.2) is 4.98 Å². The maximum absolute atomic E-state index is 8.98. The number of piperidine rings is 1. The first-order valence-corrected chi connectivity index (χ1v) is 5.22. The van der Waals surface area contributed by atoms with Gasteiger partial charge in [0.2, 0.25) is 0 Å². The number of anilines is 1. The van der Waals surface area contributed by atoms with Crippen LogP contribution >= 0.6 is 0 Å². The number of rotatable bonds is 2. The van der Waals surface area contributed by atoms with E-state index >= 15 is 0 Å². The van der Waals surface area contributed by atoms with Crippen LogP contribution in [-0.2, 0) is 6.61 Å². The molecule has 1 aromatic heterocycles. The average Bonchev–Trinajstić information content (AvgIpc) is 2.30. The fourth-order valence-corrected chi connectivity index (χ4v) is 1.85. The van der Waals surface area contributed by atoms with E-state index < -0.39 is 0 Å². The van der Waals surface area contributed by atoms with Crippen LogP contribution in [0.1, 0.15) is 25.0 Å². The quantitative estimate of drug-likeness (QED) is 0.772. The van der Waals surface area contributed by atoms with Crippen molar-refractivity contribution in [3.63, 3.8) is 0 Å². The predicted molar refractivity (Wildman–Crippen MR) is 56.2 cm³/mol. The molecule has 0 unspecified atom stereocenters. The molecule has 0 atom stereocenters. The van der Waals surface area contributed by atoms with Gasteiger partial charge in [-0.05, 0) is 31.4 Å². The fraction of sp³-hybridized carbons (Fsp3) is 0.545. The Hall–Kier alpha value is -1.09. The molecule has 0 aliphatic carbocycles. The van der Waals surface area contributed by atoms with Crippen molar-refractivity contribution in [2.24, 2.45) is 0 Å². The number of aromatic nitrogens is 1.